The van der Waals surface area contributed by atoms with Crippen LogP contribution in [-0.4, -0.2) is 22.6 Å². The van der Waals surface area contributed by atoms with Crippen LogP contribution in [0.4, 0.5) is 5.13 Å². The van der Waals surface area contributed by atoms with E-state index in [4.69, 9.17) is 5.11 Å². The van der Waals surface area contributed by atoms with E-state index in [1.165, 1.54) is 33.6 Å². The van der Waals surface area contributed by atoms with Crippen LogP contribution in [0.5, 0.6) is 0 Å². The Morgan fingerprint density at radius 3 is 2.76 bits per heavy atom. The van der Waals surface area contributed by atoms with Gasteiger partial charge < -0.3 is 10.0 Å². The van der Waals surface area contributed by atoms with Gasteiger partial charge in [0.25, 0.3) is 0 Å². The van der Waals surface area contributed by atoms with E-state index in [9.17, 15) is 4.79 Å². The second-order valence-electron chi connectivity index (χ2n) is 5.60. The van der Waals surface area contributed by atoms with Crippen molar-refractivity contribution in [1.82, 2.24) is 4.98 Å². The summed E-state index contributed by atoms with van der Waals surface area (Å²) in [6, 6.07) is 4.46. The number of carboxylic acid groups (broad SMARTS) is 1. The first kappa shape index (κ1) is 14.1. The van der Waals surface area contributed by atoms with Crippen molar-refractivity contribution in [3.63, 3.8) is 0 Å². The summed E-state index contributed by atoms with van der Waals surface area (Å²) in [5.74, 6) is -0.945. The molecule has 0 amide bonds. The van der Waals surface area contributed by atoms with Gasteiger partial charge >= 0.3 is 5.97 Å². The van der Waals surface area contributed by atoms with Crippen LogP contribution in [-0.2, 0) is 13.0 Å². The van der Waals surface area contributed by atoms with E-state index in [-0.39, 0.29) is 5.69 Å². The molecule has 5 heteroatoms. The minimum Gasteiger partial charge on any atom is -0.476 e. The fourth-order valence-electron chi connectivity index (χ4n) is 3.00. The second-order valence-corrected chi connectivity index (χ2v) is 6.78. The highest BCUT2D eigenvalue weighted by Crippen LogP contribution is 2.31. The fourth-order valence-corrected chi connectivity index (χ4v) is 3.92. The van der Waals surface area contributed by atoms with Gasteiger partial charge in [-0.05, 0) is 43.9 Å². The van der Waals surface area contributed by atoms with Crippen molar-refractivity contribution in [2.75, 3.05) is 11.4 Å². The number of benzene rings is 1. The molecule has 1 N–H and O–H groups in total. The summed E-state index contributed by atoms with van der Waals surface area (Å²) in [6.45, 7) is 7.80. The molecule has 1 aromatic heterocycles. The second kappa shape index (κ2) is 5.15. The zero-order valence-corrected chi connectivity index (χ0v) is 13.3. The van der Waals surface area contributed by atoms with Crippen LogP contribution in [0.25, 0.3) is 0 Å². The molecule has 21 heavy (non-hydrogen) atoms. The van der Waals surface area contributed by atoms with E-state index in [1.807, 2.05) is 6.92 Å². The number of hydrogen-bond donors (Lipinski definition) is 1. The Labute approximate surface area is 128 Å². The number of aromatic nitrogens is 1. The molecule has 0 saturated carbocycles. The Morgan fingerprint density at radius 2 is 2.10 bits per heavy atom. The molecule has 110 valence electrons. The molecule has 1 aliphatic rings. The quantitative estimate of drug-likeness (QED) is 0.924. The highest BCUT2D eigenvalue weighted by molar-refractivity contribution is 7.15. The predicted molar refractivity (Wildman–Crippen MR) is 84.5 cm³/mol. The molecule has 1 aliphatic heterocycles. The van der Waals surface area contributed by atoms with Crippen molar-refractivity contribution in [2.24, 2.45) is 0 Å². The third kappa shape index (κ3) is 2.53. The molecule has 3 rings (SSSR count). The third-order valence-electron chi connectivity index (χ3n) is 3.96. The van der Waals surface area contributed by atoms with Gasteiger partial charge in [0, 0.05) is 18.0 Å². The molecule has 0 spiro atoms. The first-order chi connectivity index (χ1) is 9.95. The van der Waals surface area contributed by atoms with Gasteiger partial charge in [0.15, 0.2) is 10.8 Å². The Bertz CT molecular complexity index is 721. The molecule has 1 aromatic carbocycles. The number of aryl methyl sites for hydroxylation is 3. The van der Waals surface area contributed by atoms with E-state index in [0.29, 0.717) is 0 Å². The van der Waals surface area contributed by atoms with Gasteiger partial charge in [-0.1, -0.05) is 17.7 Å². The van der Waals surface area contributed by atoms with Gasteiger partial charge in [-0.15, -0.1) is 11.3 Å². The summed E-state index contributed by atoms with van der Waals surface area (Å²) < 4.78 is 0. The molecule has 0 atom stereocenters. The van der Waals surface area contributed by atoms with E-state index < -0.39 is 5.97 Å². The first-order valence-corrected chi connectivity index (χ1v) is 7.82. The fraction of sp³-hybridized carbons (Fsp3) is 0.375. The summed E-state index contributed by atoms with van der Waals surface area (Å²) in [5.41, 5.74) is 5.58. The average molecular weight is 302 g/mol. The Morgan fingerprint density at radius 1 is 1.33 bits per heavy atom. The zero-order valence-electron chi connectivity index (χ0n) is 12.4. The molecule has 4 nitrogen and oxygen atoms in total. The standard InChI is InChI=1S/C16H18N2O2S/c1-9-6-10(2)13-4-5-18(8-12(13)7-9)16-17-14(15(19)20)11(3)21-16/h6-7H,4-5,8H2,1-3H3,(H,19,20). The molecule has 0 aliphatic carbocycles. The Hall–Kier alpha value is -1.88. The SMILES string of the molecule is Cc1cc(C)c2c(c1)CN(c1nc(C(=O)O)c(C)s1)CC2. The first-order valence-electron chi connectivity index (χ1n) is 7.00. The van der Waals surface area contributed by atoms with Crippen LogP contribution < -0.4 is 4.90 Å². The smallest absolute Gasteiger partial charge is 0.355 e. The van der Waals surface area contributed by atoms with Gasteiger partial charge in [0.1, 0.15) is 0 Å². The monoisotopic (exact) mass is 302 g/mol. The lowest BCUT2D eigenvalue weighted by Crippen LogP contribution is -2.30. The van der Waals surface area contributed by atoms with Gasteiger partial charge in [-0.3, -0.25) is 0 Å². The molecule has 0 radical (unpaired) electrons. The predicted octanol–water partition coefficient (Wildman–Crippen LogP) is 3.33. The van der Waals surface area contributed by atoms with E-state index in [1.54, 1.807) is 0 Å². The number of fused-ring (bicyclic) bond motifs is 1. The number of aromatic carboxylic acids is 1. The van der Waals surface area contributed by atoms with Gasteiger partial charge in [-0.2, -0.15) is 0 Å². The van der Waals surface area contributed by atoms with Crippen molar-refractivity contribution in [2.45, 2.75) is 33.7 Å². The normalized spacial score (nSPS) is 14.1. The number of anilines is 1. The molecule has 2 heterocycles. The van der Waals surface area contributed by atoms with Gasteiger partial charge in [-0.25, -0.2) is 9.78 Å². The summed E-state index contributed by atoms with van der Waals surface area (Å²) in [5, 5.41) is 9.95. The van der Waals surface area contributed by atoms with E-state index >= 15 is 0 Å². The van der Waals surface area contributed by atoms with Crippen LogP contribution in [0.3, 0.4) is 0 Å². The number of hydrogen-bond acceptors (Lipinski definition) is 4. The average Bonchev–Trinajstić information content (AvgIpc) is 2.80. The minimum absolute atomic E-state index is 0.182. The van der Waals surface area contributed by atoms with Gasteiger partial charge in [0.2, 0.25) is 0 Å². The third-order valence-corrected chi connectivity index (χ3v) is 4.99. The summed E-state index contributed by atoms with van der Waals surface area (Å²) in [7, 11) is 0. The minimum atomic E-state index is -0.945. The summed E-state index contributed by atoms with van der Waals surface area (Å²) in [4.78, 5) is 18.4. The maximum absolute atomic E-state index is 11.1. The lowest BCUT2D eigenvalue weighted by Gasteiger charge is -2.29. The van der Waals surface area contributed by atoms with Crippen LogP contribution in [0.2, 0.25) is 0 Å². The van der Waals surface area contributed by atoms with Crippen LogP contribution >= 0.6 is 11.3 Å². The molecular weight excluding hydrogens is 284 g/mol. The lowest BCUT2D eigenvalue weighted by atomic mass is 9.93. The highest BCUT2D eigenvalue weighted by Gasteiger charge is 2.23. The van der Waals surface area contributed by atoms with Crippen molar-refractivity contribution in [3.05, 3.63) is 45.0 Å². The Kier molecular flexibility index (Phi) is 3.45. The molecule has 0 saturated heterocycles. The number of nitrogens with zero attached hydrogens (tertiary/aromatic N) is 2. The molecular formula is C16H18N2O2S. The van der Waals surface area contributed by atoms with Crippen molar-refractivity contribution in [1.29, 1.82) is 0 Å². The topological polar surface area (TPSA) is 53.4 Å². The van der Waals surface area contributed by atoms with Crippen molar-refractivity contribution < 1.29 is 9.90 Å². The number of rotatable bonds is 2. The summed E-state index contributed by atoms with van der Waals surface area (Å²) >= 11 is 1.47. The number of carboxylic acids is 1. The summed E-state index contributed by atoms with van der Waals surface area (Å²) in [6.07, 6.45) is 0.989. The largest absolute Gasteiger partial charge is 0.476 e. The maximum Gasteiger partial charge on any atom is 0.355 e. The maximum atomic E-state index is 11.1. The van der Waals surface area contributed by atoms with Gasteiger partial charge in [0.05, 0.1) is 0 Å². The lowest BCUT2D eigenvalue weighted by molar-refractivity contribution is 0.0690. The van der Waals surface area contributed by atoms with E-state index in [2.05, 4.69) is 35.9 Å². The Balaban J connectivity index is 1.93. The van der Waals surface area contributed by atoms with Crippen molar-refractivity contribution in [3.8, 4) is 0 Å². The molecule has 0 fully saturated rings. The van der Waals surface area contributed by atoms with Crippen LogP contribution in [0.15, 0.2) is 12.1 Å². The highest BCUT2D eigenvalue weighted by atomic mass is 32.1. The molecule has 0 unspecified atom stereocenters. The molecule has 0 bridgehead atoms. The van der Waals surface area contributed by atoms with Crippen LogP contribution in [0, 0.1) is 20.8 Å². The number of thiazole rings is 1. The zero-order chi connectivity index (χ0) is 15.1. The van der Waals surface area contributed by atoms with Crippen molar-refractivity contribution >= 4 is 22.4 Å². The number of carbonyl (C=O) groups is 1. The van der Waals surface area contributed by atoms with E-state index in [0.717, 1.165) is 29.5 Å². The van der Waals surface area contributed by atoms with Crippen LogP contribution in [0.1, 0.15) is 37.6 Å². The molecule has 2 aromatic rings.